The Morgan fingerprint density at radius 3 is 2.47 bits per heavy atom. The van der Waals surface area contributed by atoms with Gasteiger partial charge in [-0.3, -0.25) is 0 Å². The number of hydrogen-bond donors (Lipinski definition) is 0. The molecule has 0 aliphatic heterocycles. The molecule has 0 aromatic rings. The average Bonchev–Trinajstić information content (AvgIpc) is 2.13. The zero-order valence-corrected chi connectivity index (χ0v) is 11.8. The zero-order chi connectivity index (χ0) is 11.5. The molecule has 1 rings (SSSR count). The Morgan fingerprint density at radius 2 is 2.00 bits per heavy atom. The number of hydrogen-bond acceptors (Lipinski definition) is 3. The first kappa shape index (κ1) is 13.5. The van der Waals surface area contributed by atoms with E-state index in [1.54, 1.807) is 6.92 Å². The summed E-state index contributed by atoms with van der Waals surface area (Å²) in [6.07, 6.45) is 2.45. The average molecular weight is 298 g/mol. The Labute approximate surface area is 101 Å². The largest absolute Gasteiger partial charge is 0.305 e. The van der Waals surface area contributed by atoms with Gasteiger partial charge in [-0.1, -0.05) is 22.9 Å². The van der Waals surface area contributed by atoms with Crippen LogP contribution in [0.1, 0.15) is 19.8 Å². The van der Waals surface area contributed by atoms with Crippen molar-refractivity contribution in [1.29, 1.82) is 0 Å². The molecular weight excluding hydrogens is 278 g/mol. The fourth-order valence-corrected chi connectivity index (χ4v) is 3.71. The summed E-state index contributed by atoms with van der Waals surface area (Å²) in [5.41, 5.74) is 0. The number of sulfone groups is 1. The summed E-state index contributed by atoms with van der Waals surface area (Å²) < 4.78 is 22.6. The van der Waals surface area contributed by atoms with Gasteiger partial charge in [0.1, 0.15) is 0 Å². The Bertz CT molecular complexity index is 286. The standard InChI is InChI=1S/C10H20BrNO2S/c1-3-15(13,14)5-4-12(2)8-9-6-10(11)7-9/h9-10H,3-8H2,1-2H3. The van der Waals surface area contributed by atoms with Crippen LogP contribution in [0, 0.1) is 5.92 Å². The number of rotatable bonds is 6. The lowest BCUT2D eigenvalue weighted by molar-refractivity contribution is 0.221. The van der Waals surface area contributed by atoms with Crippen LogP contribution < -0.4 is 0 Å². The molecule has 90 valence electrons. The van der Waals surface area contributed by atoms with Crippen LogP contribution in [-0.2, 0) is 9.84 Å². The van der Waals surface area contributed by atoms with Crippen LogP contribution in [0.4, 0.5) is 0 Å². The molecule has 0 radical (unpaired) electrons. The third-order valence-electron chi connectivity index (χ3n) is 2.97. The number of nitrogens with zero attached hydrogens (tertiary/aromatic N) is 1. The normalized spacial score (nSPS) is 26.7. The second kappa shape index (κ2) is 5.64. The highest BCUT2D eigenvalue weighted by molar-refractivity contribution is 9.09. The lowest BCUT2D eigenvalue weighted by Gasteiger charge is -2.34. The van der Waals surface area contributed by atoms with E-state index < -0.39 is 9.84 Å². The molecule has 0 bridgehead atoms. The first-order chi connectivity index (χ1) is 6.93. The molecule has 1 aliphatic carbocycles. The molecule has 1 aliphatic rings. The van der Waals surface area contributed by atoms with E-state index in [1.807, 2.05) is 7.05 Å². The first-order valence-electron chi connectivity index (χ1n) is 5.46. The van der Waals surface area contributed by atoms with Gasteiger partial charge in [0.05, 0.1) is 5.75 Å². The Balaban J connectivity index is 2.16. The smallest absolute Gasteiger partial charge is 0.151 e. The maximum Gasteiger partial charge on any atom is 0.151 e. The van der Waals surface area contributed by atoms with Crippen molar-refractivity contribution in [2.75, 3.05) is 31.6 Å². The monoisotopic (exact) mass is 297 g/mol. The van der Waals surface area contributed by atoms with Gasteiger partial charge in [0.25, 0.3) is 0 Å². The maximum absolute atomic E-state index is 11.3. The lowest BCUT2D eigenvalue weighted by Crippen LogP contribution is -2.36. The number of halogens is 1. The summed E-state index contributed by atoms with van der Waals surface area (Å²) in [6.45, 7) is 3.40. The molecule has 0 unspecified atom stereocenters. The summed E-state index contributed by atoms with van der Waals surface area (Å²) >= 11 is 3.56. The highest BCUT2D eigenvalue weighted by atomic mass is 79.9. The molecule has 15 heavy (non-hydrogen) atoms. The van der Waals surface area contributed by atoms with Crippen LogP contribution >= 0.6 is 15.9 Å². The van der Waals surface area contributed by atoms with E-state index in [0.29, 0.717) is 17.1 Å². The van der Waals surface area contributed by atoms with Crippen molar-refractivity contribution < 1.29 is 8.42 Å². The quantitative estimate of drug-likeness (QED) is 0.698. The van der Waals surface area contributed by atoms with Crippen molar-refractivity contribution in [2.45, 2.75) is 24.6 Å². The van der Waals surface area contributed by atoms with Gasteiger partial charge in [0.2, 0.25) is 0 Å². The predicted octanol–water partition coefficient (Wildman–Crippen LogP) is 1.53. The SMILES string of the molecule is CCS(=O)(=O)CCN(C)CC1CC(Br)C1. The van der Waals surface area contributed by atoms with E-state index in [1.165, 1.54) is 12.8 Å². The van der Waals surface area contributed by atoms with Gasteiger partial charge in [0, 0.05) is 23.7 Å². The van der Waals surface area contributed by atoms with Gasteiger partial charge in [-0.25, -0.2) is 8.42 Å². The van der Waals surface area contributed by atoms with Crippen molar-refractivity contribution >= 4 is 25.8 Å². The molecule has 0 aromatic carbocycles. The van der Waals surface area contributed by atoms with Gasteiger partial charge < -0.3 is 4.90 Å². The fraction of sp³-hybridized carbons (Fsp3) is 1.00. The van der Waals surface area contributed by atoms with Crippen LogP contribution in [-0.4, -0.2) is 49.8 Å². The molecule has 0 spiro atoms. The lowest BCUT2D eigenvalue weighted by atomic mass is 9.85. The minimum atomic E-state index is -2.80. The second-order valence-corrected chi connectivity index (χ2v) is 8.20. The van der Waals surface area contributed by atoms with E-state index >= 15 is 0 Å². The summed E-state index contributed by atoms with van der Waals surface area (Å²) in [5, 5.41) is 0. The van der Waals surface area contributed by atoms with Gasteiger partial charge in [-0.05, 0) is 25.8 Å². The van der Waals surface area contributed by atoms with E-state index in [0.717, 1.165) is 12.5 Å². The molecule has 0 N–H and O–H groups in total. The molecule has 0 amide bonds. The van der Waals surface area contributed by atoms with Crippen LogP contribution in [0.5, 0.6) is 0 Å². The van der Waals surface area contributed by atoms with E-state index in [-0.39, 0.29) is 5.75 Å². The van der Waals surface area contributed by atoms with Gasteiger partial charge in [0.15, 0.2) is 9.84 Å². The van der Waals surface area contributed by atoms with Gasteiger partial charge in [-0.2, -0.15) is 0 Å². The minimum Gasteiger partial charge on any atom is -0.305 e. The van der Waals surface area contributed by atoms with Crippen molar-refractivity contribution in [3.63, 3.8) is 0 Å². The topological polar surface area (TPSA) is 37.4 Å². The second-order valence-electron chi connectivity index (χ2n) is 4.43. The number of alkyl halides is 1. The zero-order valence-electron chi connectivity index (χ0n) is 9.45. The molecule has 3 nitrogen and oxygen atoms in total. The molecule has 1 fully saturated rings. The molecule has 0 heterocycles. The van der Waals surface area contributed by atoms with Gasteiger partial charge in [-0.15, -0.1) is 0 Å². The highest BCUT2D eigenvalue weighted by Gasteiger charge is 2.27. The summed E-state index contributed by atoms with van der Waals surface area (Å²) in [6, 6.07) is 0. The van der Waals surface area contributed by atoms with Gasteiger partial charge >= 0.3 is 0 Å². The van der Waals surface area contributed by atoms with Crippen molar-refractivity contribution in [2.24, 2.45) is 5.92 Å². The van der Waals surface area contributed by atoms with E-state index in [9.17, 15) is 8.42 Å². The molecule has 0 aromatic heterocycles. The Morgan fingerprint density at radius 1 is 1.40 bits per heavy atom. The third kappa shape index (κ3) is 4.83. The molecule has 5 heteroatoms. The minimum absolute atomic E-state index is 0.258. The van der Waals surface area contributed by atoms with Crippen molar-refractivity contribution in [1.82, 2.24) is 4.90 Å². The van der Waals surface area contributed by atoms with E-state index in [4.69, 9.17) is 0 Å². The van der Waals surface area contributed by atoms with E-state index in [2.05, 4.69) is 20.8 Å². The molecule has 1 saturated carbocycles. The summed E-state index contributed by atoms with van der Waals surface area (Å²) in [7, 11) is -0.794. The third-order valence-corrected chi connectivity index (χ3v) is 5.40. The fourth-order valence-electron chi connectivity index (χ4n) is 1.77. The molecule has 0 saturated heterocycles. The van der Waals surface area contributed by atoms with Crippen LogP contribution in [0.15, 0.2) is 0 Å². The van der Waals surface area contributed by atoms with Crippen molar-refractivity contribution in [3.05, 3.63) is 0 Å². The summed E-state index contributed by atoms with van der Waals surface area (Å²) in [4.78, 5) is 2.83. The maximum atomic E-state index is 11.3. The Kier molecular flexibility index (Phi) is 5.06. The molecule has 0 atom stereocenters. The van der Waals surface area contributed by atoms with Crippen LogP contribution in [0.3, 0.4) is 0 Å². The highest BCUT2D eigenvalue weighted by Crippen LogP contribution is 2.33. The first-order valence-corrected chi connectivity index (χ1v) is 8.19. The molecular formula is C10H20BrNO2S. The van der Waals surface area contributed by atoms with Crippen molar-refractivity contribution in [3.8, 4) is 0 Å². The summed E-state index contributed by atoms with van der Waals surface area (Å²) in [5.74, 6) is 1.31. The van der Waals surface area contributed by atoms with Crippen LogP contribution in [0.2, 0.25) is 0 Å². The predicted molar refractivity (Wildman–Crippen MR) is 67.3 cm³/mol. The van der Waals surface area contributed by atoms with Crippen LogP contribution in [0.25, 0.3) is 0 Å². The Hall–Kier alpha value is 0.390.